The first-order valence-corrected chi connectivity index (χ1v) is 29.2. The standard InChI is InChI=1S/C66H106O6/c1-4-7-10-13-16-19-22-25-27-29-31-32-33-34-35-37-38-41-44-47-50-53-56-59-65(68)71-62-63(61-70-64(67)58-55-52-49-46-43-40-24-21-18-15-12-9-6-3)72-66(69)60-57-54-51-48-45-42-39-36-30-28-26-23-20-17-14-11-8-5-2/h7,9-10,12,16,18-19,21,25,27-28,30-32,34-35,38,40-41,43,47,50,63H,4-6,8,11,13-15,17,20,22-24,26,29,33,36-37,39,42,44-46,48-49,51-62H2,1-3H3/b10-7-,12-9-,19-16-,21-18-,27-25-,30-28-,32-31-,35-34-,41-38-,43-40-,50-47-. The zero-order valence-electron chi connectivity index (χ0n) is 46.4. The lowest BCUT2D eigenvalue weighted by Gasteiger charge is -2.18. The predicted octanol–water partition coefficient (Wildman–Crippen LogP) is 19.8. The second-order valence-electron chi connectivity index (χ2n) is 18.8. The minimum atomic E-state index is -0.821. The van der Waals surface area contributed by atoms with Gasteiger partial charge in [-0.2, -0.15) is 0 Å². The second kappa shape index (κ2) is 59.1. The van der Waals surface area contributed by atoms with Crippen molar-refractivity contribution in [2.24, 2.45) is 0 Å². The smallest absolute Gasteiger partial charge is 0.306 e. The molecule has 6 nitrogen and oxygen atoms in total. The van der Waals surface area contributed by atoms with Crippen molar-refractivity contribution in [3.05, 3.63) is 134 Å². The van der Waals surface area contributed by atoms with E-state index in [2.05, 4.69) is 154 Å². The number of ether oxygens (including phenoxy) is 3. The summed E-state index contributed by atoms with van der Waals surface area (Å²) in [4.78, 5) is 38.1. The van der Waals surface area contributed by atoms with E-state index in [9.17, 15) is 14.4 Å². The zero-order valence-corrected chi connectivity index (χ0v) is 46.4. The van der Waals surface area contributed by atoms with Crippen molar-refractivity contribution in [3.63, 3.8) is 0 Å². The SMILES string of the molecule is CC/C=C\C/C=C\C/C=C\C/C=C\C/C=C\C/C=C\C/C=C\CCCC(=O)OCC(COC(=O)CCCCC/C=C\C/C=C\C/C=C\CC)OC(=O)CCCCCCCCC/C=C\CCCCCCCCC. The Kier molecular flexibility index (Phi) is 55.5. The molecule has 0 radical (unpaired) electrons. The van der Waals surface area contributed by atoms with E-state index in [4.69, 9.17) is 14.2 Å². The fourth-order valence-corrected chi connectivity index (χ4v) is 7.56. The Morgan fingerprint density at radius 3 is 0.931 bits per heavy atom. The number of carbonyl (C=O) groups excluding carboxylic acids is 3. The van der Waals surface area contributed by atoms with Crippen LogP contribution in [0.2, 0.25) is 0 Å². The summed E-state index contributed by atoms with van der Waals surface area (Å²) in [6.07, 6.45) is 83.1. The Bertz CT molecular complexity index is 1560. The van der Waals surface area contributed by atoms with Crippen molar-refractivity contribution in [2.45, 2.75) is 252 Å². The molecule has 0 fully saturated rings. The molecule has 0 spiro atoms. The van der Waals surface area contributed by atoms with Gasteiger partial charge in [0.25, 0.3) is 0 Å². The van der Waals surface area contributed by atoms with E-state index < -0.39 is 6.10 Å². The van der Waals surface area contributed by atoms with Gasteiger partial charge in [-0.25, -0.2) is 0 Å². The molecule has 0 heterocycles. The van der Waals surface area contributed by atoms with Gasteiger partial charge in [0.2, 0.25) is 0 Å². The van der Waals surface area contributed by atoms with Crippen molar-refractivity contribution in [1.82, 2.24) is 0 Å². The lowest BCUT2D eigenvalue weighted by Crippen LogP contribution is -2.30. The summed E-state index contributed by atoms with van der Waals surface area (Å²) in [7, 11) is 0. The molecule has 0 aromatic carbocycles. The number of allylic oxidation sites excluding steroid dienone is 22. The highest BCUT2D eigenvalue weighted by atomic mass is 16.6. The van der Waals surface area contributed by atoms with Crippen LogP contribution in [0, 0.1) is 0 Å². The molecule has 0 saturated heterocycles. The van der Waals surface area contributed by atoms with Crippen molar-refractivity contribution in [1.29, 1.82) is 0 Å². The molecule has 406 valence electrons. The summed E-state index contributed by atoms with van der Waals surface area (Å²) in [5.41, 5.74) is 0. The van der Waals surface area contributed by atoms with Crippen LogP contribution in [0.5, 0.6) is 0 Å². The third kappa shape index (κ3) is 56.5. The molecule has 0 aromatic heterocycles. The van der Waals surface area contributed by atoms with Gasteiger partial charge in [0, 0.05) is 19.3 Å². The van der Waals surface area contributed by atoms with E-state index in [1.54, 1.807) is 0 Å². The zero-order chi connectivity index (χ0) is 52.2. The first-order valence-electron chi connectivity index (χ1n) is 29.2. The Labute approximate surface area is 443 Å². The molecule has 0 aliphatic carbocycles. The molecule has 1 atom stereocenters. The molecular formula is C66H106O6. The summed E-state index contributed by atoms with van der Waals surface area (Å²) in [5, 5.41) is 0. The van der Waals surface area contributed by atoms with Crippen LogP contribution in [0.15, 0.2) is 134 Å². The van der Waals surface area contributed by atoms with E-state index in [-0.39, 0.29) is 37.5 Å². The lowest BCUT2D eigenvalue weighted by atomic mass is 10.1. The van der Waals surface area contributed by atoms with E-state index in [1.807, 2.05) is 0 Å². The molecule has 0 rings (SSSR count). The van der Waals surface area contributed by atoms with E-state index in [0.717, 1.165) is 116 Å². The minimum Gasteiger partial charge on any atom is -0.462 e. The average Bonchev–Trinajstić information content (AvgIpc) is 3.38. The van der Waals surface area contributed by atoms with Gasteiger partial charge in [0.15, 0.2) is 6.10 Å². The van der Waals surface area contributed by atoms with Crippen LogP contribution in [0.25, 0.3) is 0 Å². The maximum atomic E-state index is 12.9. The number of unbranched alkanes of at least 4 members (excludes halogenated alkanes) is 18. The highest BCUT2D eigenvalue weighted by Crippen LogP contribution is 2.14. The summed E-state index contributed by atoms with van der Waals surface area (Å²) in [6.45, 7) is 6.33. The molecular weight excluding hydrogens is 889 g/mol. The Morgan fingerprint density at radius 1 is 0.292 bits per heavy atom. The molecule has 6 heteroatoms. The molecule has 72 heavy (non-hydrogen) atoms. The van der Waals surface area contributed by atoms with Gasteiger partial charge in [-0.1, -0.05) is 231 Å². The van der Waals surface area contributed by atoms with Crippen LogP contribution in [0.1, 0.15) is 245 Å². The summed E-state index contributed by atoms with van der Waals surface area (Å²) in [5.74, 6) is -1.01. The second-order valence-corrected chi connectivity index (χ2v) is 18.8. The lowest BCUT2D eigenvalue weighted by molar-refractivity contribution is -0.167. The van der Waals surface area contributed by atoms with Crippen molar-refractivity contribution in [3.8, 4) is 0 Å². The Morgan fingerprint density at radius 2 is 0.556 bits per heavy atom. The third-order valence-electron chi connectivity index (χ3n) is 11.9. The molecule has 0 bridgehead atoms. The highest BCUT2D eigenvalue weighted by Gasteiger charge is 2.19. The quantitative estimate of drug-likeness (QED) is 0.0261. The highest BCUT2D eigenvalue weighted by molar-refractivity contribution is 5.71. The average molecular weight is 996 g/mol. The van der Waals surface area contributed by atoms with Gasteiger partial charge in [-0.15, -0.1) is 0 Å². The molecule has 0 N–H and O–H groups in total. The number of hydrogen-bond acceptors (Lipinski definition) is 6. The normalized spacial score (nSPS) is 13.1. The third-order valence-corrected chi connectivity index (χ3v) is 11.9. The van der Waals surface area contributed by atoms with E-state index in [0.29, 0.717) is 19.3 Å². The first-order chi connectivity index (χ1) is 35.5. The molecule has 0 aliphatic heterocycles. The van der Waals surface area contributed by atoms with E-state index in [1.165, 1.54) is 83.5 Å². The predicted molar refractivity (Wildman–Crippen MR) is 311 cm³/mol. The summed E-state index contributed by atoms with van der Waals surface area (Å²) in [6, 6.07) is 0. The summed E-state index contributed by atoms with van der Waals surface area (Å²) >= 11 is 0. The number of carbonyl (C=O) groups is 3. The topological polar surface area (TPSA) is 78.9 Å². The molecule has 0 amide bonds. The first kappa shape index (κ1) is 67.5. The summed E-state index contributed by atoms with van der Waals surface area (Å²) < 4.78 is 16.8. The van der Waals surface area contributed by atoms with Gasteiger partial charge in [-0.3, -0.25) is 14.4 Å². The minimum absolute atomic E-state index is 0.117. The number of hydrogen-bond donors (Lipinski definition) is 0. The van der Waals surface area contributed by atoms with Gasteiger partial charge < -0.3 is 14.2 Å². The van der Waals surface area contributed by atoms with E-state index >= 15 is 0 Å². The van der Waals surface area contributed by atoms with Gasteiger partial charge in [0.05, 0.1) is 0 Å². The fourth-order valence-electron chi connectivity index (χ4n) is 7.56. The van der Waals surface area contributed by atoms with Crippen LogP contribution >= 0.6 is 0 Å². The van der Waals surface area contributed by atoms with Gasteiger partial charge in [-0.05, 0) is 128 Å². The van der Waals surface area contributed by atoms with Crippen molar-refractivity contribution >= 4 is 17.9 Å². The largest absolute Gasteiger partial charge is 0.462 e. The number of esters is 3. The maximum Gasteiger partial charge on any atom is 0.306 e. The molecule has 1 unspecified atom stereocenters. The number of rotatable bonds is 51. The van der Waals surface area contributed by atoms with Crippen molar-refractivity contribution in [2.75, 3.05) is 13.2 Å². The van der Waals surface area contributed by atoms with Crippen LogP contribution < -0.4 is 0 Å². The molecule has 0 aromatic rings. The van der Waals surface area contributed by atoms with Crippen LogP contribution in [-0.4, -0.2) is 37.2 Å². The Balaban J connectivity index is 4.51. The molecule has 0 aliphatic rings. The maximum absolute atomic E-state index is 12.9. The van der Waals surface area contributed by atoms with Crippen LogP contribution in [0.4, 0.5) is 0 Å². The fraction of sp³-hybridized carbons (Fsp3) is 0.621. The van der Waals surface area contributed by atoms with Crippen LogP contribution in [0.3, 0.4) is 0 Å². The van der Waals surface area contributed by atoms with Gasteiger partial charge in [0.1, 0.15) is 13.2 Å². The molecule has 0 saturated carbocycles. The van der Waals surface area contributed by atoms with Crippen LogP contribution in [-0.2, 0) is 28.6 Å². The Hall–Kier alpha value is -4.45. The van der Waals surface area contributed by atoms with Gasteiger partial charge >= 0.3 is 17.9 Å². The monoisotopic (exact) mass is 995 g/mol. The van der Waals surface area contributed by atoms with Crippen molar-refractivity contribution < 1.29 is 28.6 Å².